The Hall–Kier alpha value is -1.49. The normalized spacial score (nSPS) is 28.8. The van der Waals surface area contributed by atoms with E-state index in [0.717, 1.165) is 70.5 Å². The van der Waals surface area contributed by atoms with E-state index in [1.165, 1.54) is 0 Å². The van der Waals surface area contributed by atoms with Crippen LogP contribution in [0, 0.1) is 5.92 Å². The van der Waals surface area contributed by atoms with Crippen molar-refractivity contribution in [2.24, 2.45) is 5.92 Å². The zero-order valence-corrected chi connectivity index (χ0v) is 14.5. The summed E-state index contributed by atoms with van der Waals surface area (Å²) in [5.41, 5.74) is -0.344. The van der Waals surface area contributed by atoms with Crippen LogP contribution in [0.3, 0.4) is 0 Å². The van der Waals surface area contributed by atoms with Gasteiger partial charge in [-0.05, 0) is 45.1 Å². The SMILES string of the molecule is O=CCCCCCC/C=C\[C@H]1CC1(CC=O)NC(=O)[C@@H]1CCCN1. The topological polar surface area (TPSA) is 75.3 Å². The Bertz CT molecular complexity index is 458. The molecule has 0 aromatic heterocycles. The molecule has 1 unspecified atom stereocenters. The van der Waals surface area contributed by atoms with Crippen molar-refractivity contribution in [1.29, 1.82) is 0 Å². The van der Waals surface area contributed by atoms with Crippen molar-refractivity contribution in [2.75, 3.05) is 6.54 Å². The fourth-order valence-corrected chi connectivity index (χ4v) is 3.51. The molecule has 0 aromatic carbocycles. The van der Waals surface area contributed by atoms with Gasteiger partial charge in [0.25, 0.3) is 0 Å². The van der Waals surface area contributed by atoms with Crippen LogP contribution in [0.15, 0.2) is 12.2 Å². The van der Waals surface area contributed by atoms with Gasteiger partial charge in [0.2, 0.25) is 5.91 Å². The molecule has 5 heteroatoms. The van der Waals surface area contributed by atoms with E-state index in [-0.39, 0.29) is 23.4 Å². The average Bonchev–Trinajstić information content (AvgIpc) is 3.00. The molecular weight excluding hydrogens is 304 g/mol. The maximum absolute atomic E-state index is 12.3. The number of nitrogens with one attached hydrogen (secondary N) is 2. The third-order valence-electron chi connectivity index (χ3n) is 5.14. The lowest BCUT2D eigenvalue weighted by Crippen LogP contribution is -2.47. The Morgan fingerprint density at radius 1 is 1.12 bits per heavy atom. The minimum atomic E-state index is -0.344. The number of hydrogen-bond acceptors (Lipinski definition) is 4. The minimum absolute atomic E-state index is 0.0421. The lowest BCUT2D eigenvalue weighted by molar-refractivity contribution is -0.124. The van der Waals surface area contributed by atoms with Crippen LogP contribution in [0.4, 0.5) is 0 Å². The predicted octanol–water partition coefficient (Wildman–Crippen LogP) is 2.30. The number of rotatable bonds is 12. The van der Waals surface area contributed by atoms with Crippen LogP contribution >= 0.6 is 0 Å². The van der Waals surface area contributed by atoms with Crippen molar-refractivity contribution in [3.05, 3.63) is 12.2 Å². The van der Waals surface area contributed by atoms with Gasteiger partial charge in [0, 0.05) is 18.8 Å². The lowest BCUT2D eigenvalue weighted by Gasteiger charge is -2.19. The van der Waals surface area contributed by atoms with Crippen molar-refractivity contribution in [1.82, 2.24) is 10.6 Å². The van der Waals surface area contributed by atoms with Crippen LogP contribution in [0.25, 0.3) is 0 Å². The highest BCUT2D eigenvalue weighted by Gasteiger charge is 2.53. The van der Waals surface area contributed by atoms with Crippen molar-refractivity contribution < 1.29 is 14.4 Å². The molecule has 2 fully saturated rings. The quantitative estimate of drug-likeness (QED) is 0.326. The summed E-state index contributed by atoms with van der Waals surface area (Å²) in [6.07, 6.45) is 15.5. The Morgan fingerprint density at radius 2 is 1.92 bits per heavy atom. The molecule has 2 N–H and O–H groups in total. The second-order valence-corrected chi connectivity index (χ2v) is 7.06. The van der Waals surface area contributed by atoms with Gasteiger partial charge in [0.05, 0.1) is 11.6 Å². The van der Waals surface area contributed by atoms with E-state index in [4.69, 9.17) is 0 Å². The first kappa shape index (κ1) is 18.8. The highest BCUT2D eigenvalue weighted by molar-refractivity contribution is 5.83. The van der Waals surface area contributed by atoms with Crippen molar-refractivity contribution in [3.8, 4) is 0 Å². The first-order valence-electron chi connectivity index (χ1n) is 9.31. The van der Waals surface area contributed by atoms with Crippen molar-refractivity contribution >= 4 is 18.5 Å². The molecule has 2 rings (SSSR count). The molecule has 134 valence electrons. The maximum atomic E-state index is 12.3. The first-order valence-corrected chi connectivity index (χ1v) is 9.31. The van der Waals surface area contributed by atoms with Gasteiger partial charge >= 0.3 is 0 Å². The van der Waals surface area contributed by atoms with E-state index in [9.17, 15) is 14.4 Å². The van der Waals surface area contributed by atoms with Crippen molar-refractivity contribution in [3.63, 3.8) is 0 Å². The van der Waals surface area contributed by atoms with Gasteiger partial charge in [-0.1, -0.05) is 25.0 Å². The predicted molar refractivity (Wildman–Crippen MR) is 93.6 cm³/mol. The van der Waals surface area contributed by atoms with Gasteiger partial charge in [0.1, 0.15) is 12.6 Å². The van der Waals surface area contributed by atoms with Gasteiger partial charge in [-0.2, -0.15) is 0 Å². The molecule has 24 heavy (non-hydrogen) atoms. The van der Waals surface area contributed by atoms with Crippen LogP contribution in [0.5, 0.6) is 0 Å². The summed E-state index contributed by atoms with van der Waals surface area (Å²) in [4.78, 5) is 33.5. The van der Waals surface area contributed by atoms with Gasteiger partial charge in [-0.3, -0.25) is 4.79 Å². The van der Waals surface area contributed by atoms with Crippen LogP contribution in [-0.2, 0) is 14.4 Å². The number of aldehydes is 2. The van der Waals surface area contributed by atoms with E-state index in [0.29, 0.717) is 12.8 Å². The van der Waals surface area contributed by atoms with E-state index < -0.39 is 0 Å². The molecule has 1 heterocycles. The van der Waals surface area contributed by atoms with Gasteiger partial charge < -0.3 is 20.2 Å². The van der Waals surface area contributed by atoms with Crippen LogP contribution in [0.2, 0.25) is 0 Å². The second-order valence-electron chi connectivity index (χ2n) is 7.06. The molecule has 5 nitrogen and oxygen atoms in total. The average molecular weight is 334 g/mol. The molecule has 1 aliphatic carbocycles. The molecule has 1 aliphatic heterocycles. The molecule has 1 saturated heterocycles. The molecule has 1 saturated carbocycles. The zero-order chi connectivity index (χ0) is 17.3. The Labute approximate surface area is 144 Å². The third-order valence-corrected chi connectivity index (χ3v) is 5.14. The Morgan fingerprint density at radius 3 is 2.58 bits per heavy atom. The molecule has 2 aliphatic rings. The highest BCUT2D eigenvalue weighted by Crippen LogP contribution is 2.47. The zero-order valence-electron chi connectivity index (χ0n) is 14.5. The lowest BCUT2D eigenvalue weighted by atomic mass is 10.1. The highest BCUT2D eigenvalue weighted by atomic mass is 16.2. The molecule has 0 aromatic rings. The summed E-state index contributed by atoms with van der Waals surface area (Å²) < 4.78 is 0. The molecule has 3 atom stereocenters. The summed E-state index contributed by atoms with van der Waals surface area (Å²) in [5, 5.41) is 6.32. The fourth-order valence-electron chi connectivity index (χ4n) is 3.51. The standard InChI is InChI=1S/C19H30N2O3/c22-13-7-5-3-1-2-4-6-9-16-15-19(16,11-14-23)21-18(24)17-10-8-12-20-17/h6,9,13-14,16-17,20H,1-5,7-8,10-12,15H2,(H,21,24)/b9-6-/t16-,17-,19?/m0/s1. The summed E-state index contributed by atoms with van der Waals surface area (Å²) in [7, 11) is 0. The van der Waals surface area contributed by atoms with E-state index in [2.05, 4.69) is 22.8 Å². The van der Waals surface area contributed by atoms with Gasteiger partial charge in [-0.15, -0.1) is 0 Å². The maximum Gasteiger partial charge on any atom is 0.237 e. The largest absolute Gasteiger partial charge is 0.348 e. The minimum Gasteiger partial charge on any atom is -0.348 e. The van der Waals surface area contributed by atoms with E-state index in [1.54, 1.807) is 0 Å². The number of carbonyl (C=O) groups is 3. The second kappa shape index (κ2) is 9.72. The number of amides is 1. The fraction of sp³-hybridized carbons (Fsp3) is 0.737. The Balaban J connectivity index is 1.69. The summed E-state index contributed by atoms with van der Waals surface area (Å²) in [5.74, 6) is 0.323. The van der Waals surface area contributed by atoms with Crippen LogP contribution in [-0.4, -0.2) is 36.6 Å². The summed E-state index contributed by atoms with van der Waals surface area (Å²) >= 11 is 0. The van der Waals surface area contributed by atoms with Crippen molar-refractivity contribution in [2.45, 2.75) is 75.8 Å². The molecule has 0 spiro atoms. The monoisotopic (exact) mass is 334 g/mol. The molecule has 0 bridgehead atoms. The smallest absolute Gasteiger partial charge is 0.237 e. The number of carbonyl (C=O) groups excluding carboxylic acids is 3. The number of allylic oxidation sites excluding steroid dienone is 1. The van der Waals surface area contributed by atoms with E-state index in [1.807, 2.05) is 0 Å². The number of hydrogen-bond donors (Lipinski definition) is 2. The van der Waals surface area contributed by atoms with Gasteiger partial charge in [0.15, 0.2) is 0 Å². The van der Waals surface area contributed by atoms with Gasteiger partial charge in [-0.25, -0.2) is 0 Å². The third kappa shape index (κ3) is 5.55. The molecule has 1 amide bonds. The summed E-state index contributed by atoms with van der Waals surface area (Å²) in [6.45, 7) is 0.898. The van der Waals surface area contributed by atoms with Crippen LogP contribution in [0.1, 0.15) is 64.2 Å². The summed E-state index contributed by atoms with van der Waals surface area (Å²) in [6, 6.07) is -0.0925. The number of unbranched alkanes of at least 4 members (excludes halogenated alkanes) is 5. The van der Waals surface area contributed by atoms with E-state index >= 15 is 0 Å². The Kier molecular flexibility index (Phi) is 7.63. The molecular formula is C19H30N2O3. The van der Waals surface area contributed by atoms with Crippen LogP contribution < -0.4 is 10.6 Å². The first-order chi connectivity index (χ1) is 11.7. The molecule has 0 radical (unpaired) electrons.